The molecule has 1 aromatic carbocycles. The van der Waals surface area contributed by atoms with Crippen molar-refractivity contribution in [3.63, 3.8) is 0 Å². The average molecular weight is 274 g/mol. The number of carboxylic acids is 1. The summed E-state index contributed by atoms with van der Waals surface area (Å²) in [7, 11) is 0. The van der Waals surface area contributed by atoms with E-state index in [0.717, 1.165) is 6.42 Å². The highest BCUT2D eigenvalue weighted by Crippen LogP contribution is 2.17. The third-order valence-corrected chi connectivity index (χ3v) is 2.66. The van der Waals surface area contributed by atoms with Gasteiger partial charge in [0.05, 0.1) is 5.56 Å². The first-order chi connectivity index (χ1) is 9.61. The summed E-state index contributed by atoms with van der Waals surface area (Å²) in [5, 5.41) is 8.80. The molecule has 0 spiro atoms. The number of aryl methyl sites for hydroxylation is 1. The summed E-state index contributed by atoms with van der Waals surface area (Å²) in [6, 6.07) is 5.79. The van der Waals surface area contributed by atoms with E-state index < -0.39 is 5.97 Å². The van der Waals surface area contributed by atoms with E-state index in [4.69, 9.17) is 9.84 Å². The second kappa shape index (κ2) is 6.01. The van der Waals surface area contributed by atoms with Crippen molar-refractivity contribution in [3.8, 4) is 11.6 Å². The van der Waals surface area contributed by atoms with Crippen LogP contribution in [-0.4, -0.2) is 20.6 Å². The van der Waals surface area contributed by atoms with E-state index in [9.17, 15) is 9.59 Å². The second-order valence-electron chi connectivity index (χ2n) is 4.16. The van der Waals surface area contributed by atoms with E-state index in [2.05, 4.69) is 4.98 Å². The quantitative estimate of drug-likeness (QED) is 0.903. The molecule has 0 amide bonds. The highest BCUT2D eigenvalue weighted by Gasteiger charge is 2.08. The van der Waals surface area contributed by atoms with E-state index in [0.29, 0.717) is 12.3 Å². The molecule has 6 heteroatoms. The van der Waals surface area contributed by atoms with Crippen LogP contribution in [-0.2, 0) is 6.54 Å². The van der Waals surface area contributed by atoms with Gasteiger partial charge in [0.25, 0.3) is 5.88 Å². The number of hydrogen-bond donors (Lipinski definition) is 1. The van der Waals surface area contributed by atoms with Crippen LogP contribution in [0, 0.1) is 0 Å². The number of hydrogen-bond acceptors (Lipinski definition) is 4. The number of rotatable bonds is 5. The van der Waals surface area contributed by atoms with Gasteiger partial charge in [-0.15, -0.1) is 0 Å². The third kappa shape index (κ3) is 3.03. The Morgan fingerprint density at radius 2 is 2.05 bits per heavy atom. The summed E-state index contributed by atoms with van der Waals surface area (Å²) >= 11 is 0. The first kappa shape index (κ1) is 13.8. The Bertz CT molecular complexity index is 662. The van der Waals surface area contributed by atoms with Crippen LogP contribution >= 0.6 is 0 Å². The summed E-state index contributed by atoms with van der Waals surface area (Å²) < 4.78 is 6.92. The standard InChI is InChI=1S/C14H14N2O4/c1-2-8-16-9-7-15-12(13(16)17)20-11-5-3-10(4-6-11)14(18)19/h3-7,9H,2,8H2,1H3,(H,18,19). The molecule has 2 aromatic rings. The zero-order valence-corrected chi connectivity index (χ0v) is 10.9. The van der Waals surface area contributed by atoms with Crippen LogP contribution in [0.5, 0.6) is 11.6 Å². The van der Waals surface area contributed by atoms with E-state index in [1.165, 1.54) is 35.0 Å². The number of benzene rings is 1. The van der Waals surface area contributed by atoms with Crippen LogP contribution in [0.3, 0.4) is 0 Å². The molecule has 1 N–H and O–H groups in total. The molecule has 0 radical (unpaired) electrons. The topological polar surface area (TPSA) is 81.4 Å². The highest BCUT2D eigenvalue weighted by atomic mass is 16.5. The van der Waals surface area contributed by atoms with Gasteiger partial charge in [-0.05, 0) is 30.7 Å². The van der Waals surface area contributed by atoms with Gasteiger partial charge >= 0.3 is 11.5 Å². The molecule has 0 atom stereocenters. The van der Waals surface area contributed by atoms with Crippen LogP contribution in [0.25, 0.3) is 0 Å². The van der Waals surface area contributed by atoms with Crippen molar-refractivity contribution in [1.82, 2.24) is 9.55 Å². The van der Waals surface area contributed by atoms with Crippen LogP contribution < -0.4 is 10.3 Å². The number of aromatic carboxylic acids is 1. The number of aromatic nitrogens is 2. The van der Waals surface area contributed by atoms with Gasteiger partial charge in [0.1, 0.15) is 5.75 Å². The van der Waals surface area contributed by atoms with Crippen LogP contribution in [0.1, 0.15) is 23.7 Å². The lowest BCUT2D eigenvalue weighted by atomic mass is 10.2. The van der Waals surface area contributed by atoms with Crippen LogP contribution in [0.2, 0.25) is 0 Å². The lowest BCUT2D eigenvalue weighted by Gasteiger charge is -2.07. The number of ether oxygens (including phenoxy) is 1. The van der Waals surface area contributed by atoms with Gasteiger partial charge < -0.3 is 14.4 Å². The van der Waals surface area contributed by atoms with Gasteiger partial charge in [-0.25, -0.2) is 9.78 Å². The summed E-state index contributed by atoms with van der Waals surface area (Å²) in [5.41, 5.74) is -0.154. The predicted octanol–water partition coefficient (Wildman–Crippen LogP) is 2.14. The fourth-order valence-corrected chi connectivity index (χ4v) is 1.69. The number of carbonyl (C=O) groups is 1. The molecule has 2 rings (SSSR count). The summed E-state index contributed by atoms with van der Waals surface area (Å²) in [4.78, 5) is 26.7. The van der Waals surface area contributed by atoms with Crippen molar-refractivity contribution < 1.29 is 14.6 Å². The van der Waals surface area contributed by atoms with E-state index in [1.54, 1.807) is 6.20 Å². The fraction of sp³-hybridized carbons (Fsp3) is 0.214. The van der Waals surface area contributed by atoms with Gasteiger partial charge in [0.15, 0.2) is 0 Å². The van der Waals surface area contributed by atoms with Gasteiger partial charge in [0, 0.05) is 18.9 Å². The predicted molar refractivity (Wildman–Crippen MR) is 72.3 cm³/mol. The molecule has 0 aliphatic heterocycles. The summed E-state index contributed by atoms with van der Waals surface area (Å²) in [6.07, 6.45) is 3.93. The Hall–Kier alpha value is -2.63. The van der Waals surface area contributed by atoms with Crippen molar-refractivity contribution >= 4 is 5.97 Å². The second-order valence-corrected chi connectivity index (χ2v) is 4.16. The van der Waals surface area contributed by atoms with E-state index in [-0.39, 0.29) is 17.0 Å². The van der Waals surface area contributed by atoms with Gasteiger partial charge in [-0.2, -0.15) is 0 Å². The molecule has 0 fully saturated rings. The Balaban J connectivity index is 2.24. The van der Waals surface area contributed by atoms with Crippen molar-refractivity contribution in [2.75, 3.05) is 0 Å². The van der Waals surface area contributed by atoms with Crippen LogP contribution in [0.15, 0.2) is 41.5 Å². The zero-order valence-electron chi connectivity index (χ0n) is 10.9. The molecule has 1 heterocycles. The van der Waals surface area contributed by atoms with Gasteiger partial charge in [-0.1, -0.05) is 6.92 Å². The average Bonchev–Trinajstić information content (AvgIpc) is 2.44. The molecular formula is C14H14N2O4. The molecule has 104 valence electrons. The third-order valence-electron chi connectivity index (χ3n) is 2.66. The Morgan fingerprint density at radius 3 is 2.65 bits per heavy atom. The molecule has 6 nitrogen and oxygen atoms in total. The molecule has 20 heavy (non-hydrogen) atoms. The number of carboxylic acid groups (broad SMARTS) is 1. The fourth-order valence-electron chi connectivity index (χ4n) is 1.69. The molecule has 0 aliphatic carbocycles. The molecule has 0 bridgehead atoms. The van der Waals surface area contributed by atoms with Crippen molar-refractivity contribution in [3.05, 3.63) is 52.6 Å². The molecule has 0 aliphatic rings. The van der Waals surface area contributed by atoms with E-state index in [1.807, 2.05) is 6.92 Å². The van der Waals surface area contributed by atoms with Gasteiger partial charge in [-0.3, -0.25) is 4.79 Å². The normalized spacial score (nSPS) is 10.2. The maximum Gasteiger partial charge on any atom is 0.335 e. The number of nitrogens with zero attached hydrogens (tertiary/aromatic N) is 2. The Labute approximate surface area is 115 Å². The van der Waals surface area contributed by atoms with Gasteiger partial charge in [0.2, 0.25) is 0 Å². The molecule has 0 unspecified atom stereocenters. The van der Waals surface area contributed by atoms with E-state index >= 15 is 0 Å². The molecule has 0 saturated heterocycles. The minimum atomic E-state index is -1.01. The SMILES string of the molecule is CCCn1ccnc(Oc2ccc(C(=O)O)cc2)c1=O. The monoisotopic (exact) mass is 274 g/mol. The Kier molecular flexibility index (Phi) is 4.14. The lowest BCUT2D eigenvalue weighted by molar-refractivity contribution is 0.0697. The van der Waals surface area contributed by atoms with Crippen molar-refractivity contribution in [1.29, 1.82) is 0 Å². The first-order valence-electron chi connectivity index (χ1n) is 6.18. The smallest absolute Gasteiger partial charge is 0.335 e. The molecule has 0 saturated carbocycles. The Morgan fingerprint density at radius 1 is 1.35 bits per heavy atom. The zero-order chi connectivity index (χ0) is 14.5. The first-order valence-corrected chi connectivity index (χ1v) is 6.18. The van der Waals surface area contributed by atoms with Crippen molar-refractivity contribution in [2.45, 2.75) is 19.9 Å². The molecular weight excluding hydrogens is 260 g/mol. The lowest BCUT2D eigenvalue weighted by Crippen LogP contribution is -2.21. The minimum Gasteiger partial charge on any atom is -0.478 e. The minimum absolute atomic E-state index is 0.0241. The highest BCUT2D eigenvalue weighted by molar-refractivity contribution is 5.87. The summed E-state index contributed by atoms with van der Waals surface area (Å²) in [6.45, 7) is 2.56. The largest absolute Gasteiger partial charge is 0.478 e. The van der Waals surface area contributed by atoms with Crippen molar-refractivity contribution in [2.24, 2.45) is 0 Å². The molecule has 1 aromatic heterocycles. The summed E-state index contributed by atoms with van der Waals surface area (Å²) in [5.74, 6) is -0.669. The maximum absolute atomic E-state index is 12.0. The maximum atomic E-state index is 12.0. The van der Waals surface area contributed by atoms with Crippen LogP contribution in [0.4, 0.5) is 0 Å².